The number of hydrogen-bond donors (Lipinski definition) is 1. The number of hydrogen-bond acceptors (Lipinski definition) is 4. The summed E-state index contributed by atoms with van der Waals surface area (Å²) in [4.78, 5) is 15.8. The van der Waals surface area contributed by atoms with Crippen LogP contribution in [-0.2, 0) is 10.3 Å². The summed E-state index contributed by atoms with van der Waals surface area (Å²) < 4.78 is 0. The van der Waals surface area contributed by atoms with Gasteiger partial charge in [0.15, 0.2) is 12.9 Å². The van der Waals surface area contributed by atoms with Crippen molar-refractivity contribution in [2.45, 2.75) is 19.3 Å². The molecular formula is C11H13N2O3+. The van der Waals surface area contributed by atoms with Gasteiger partial charge in [-0.2, -0.15) is 5.26 Å². The molecule has 5 nitrogen and oxygen atoms in total. The van der Waals surface area contributed by atoms with Crippen molar-refractivity contribution in [1.82, 2.24) is 0 Å². The lowest BCUT2D eigenvalue weighted by molar-refractivity contribution is -0.736. The van der Waals surface area contributed by atoms with Gasteiger partial charge in [0.2, 0.25) is 0 Å². The zero-order valence-corrected chi connectivity index (χ0v) is 9.39. The molecule has 0 aliphatic rings. The standard InChI is InChI=1S/C11H12N2O3/c1-11(2,7-12)8-4-5-9(10(14)6-8)13(15)16-3/h4-6H,1-3H3/p+1. The highest BCUT2D eigenvalue weighted by Gasteiger charge is 2.26. The smallest absolute Gasteiger partial charge is 0.357 e. The fraction of sp³-hybridized carbons (Fsp3) is 0.364. The Kier molecular flexibility index (Phi) is 3.14. The molecule has 0 bridgehead atoms. The first kappa shape index (κ1) is 12.0. The molecule has 1 aromatic rings. The molecule has 0 saturated carbocycles. The predicted molar refractivity (Wildman–Crippen MR) is 57.0 cm³/mol. The van der Waals surface area contributed by atoms with Gasteiger partial charge in [0.05, 0.1) is 16.4 Å². The minimum absolute atomic E-state index is 0.0139. The summed E-state index contributed by atoms with van der Waals surface area (Å²) in [5, 5.41) is 18.6. The maximum atomic E-state index is 11.1. The van der Waals surface area contributed by atoms with Gasteiger partial charge in [0, 0.05) is 6.07 Å². The van der Waals surface area contributed by atoms with Gasteiger partial charge in [-0.05, 0) is 25.5 Å². The van der Waals surface area contributed by atoms with E-state index in [9.17, 15) is 10.0 Å². The van der Waals surface area contributed by atoms with Gasteiger partial charge in [0.1, 0.15) is 0 Å². The Labute approximate surface area is 93.4 Å². The third-order valence-electron chi connectivity index (χ3n) is 2.34. The van der Waals surface area contributed by atoms with Gasteiger partial charge in [-0.3, -0.25) is 0 Å². The molecular weight excluding hydrogens is 208 g/mol. The molecule has 16 heavy (non-hydrogen) atoms. The summed E-state index contributed by atoms with van der Waals surface area (Å²) in [5.74, 6) is -0.210. The van der Waals surface area contributed by atoms with Gasteiger partial charge in [0.25, 0.3) is 4.92 Å². The number of nitriles is 1. The second-order valence-corrected chi connectivity index (χ2v) is 3.88. The summed E-state index contributed by atoms with van der Waals surface area (Å²) >= 11 is 0. The molecule has 5 heteroatoms. The number of benzene rings is 1. The Morgan fingerprint density at radius 2 is 2.12 bits per heavy atom. The summed E-state index contributed by atoms with van der Waals surface area (Å²) in [5.41, 5.74) is -0.0580. The lowest BCUT2D eigenvalue weighted by Gasteiger charge is -2.15. The summed E-state index contributed by atoms with van der Waals surface area (Å²) in [7, 11) is 1.21. The van der Waals surface area contributed by atoms with Crippen molar-refractivity contribution in [3.63, 3.8) is 0 Å². The Morgan fingerprint density at radius 1 is 1.50 bits per heavy atom. The summed E-state index contributed by atoms with van der Waals surface area (Å²) in [6, 6.07) is 6.53. The average Bonchev–Trinajstić information content (AvgIpc) is 2.28. The molecule has 0 spiro atoms. The maximum absolute atomic E-state index is 11.1. The molecule has 1 aromatic carbocycles. The maximum Gasteiger partial charge on any atom is 0.357 e. The normalized spacial score (nSPS) is 10.6. The molecule has 0 aliphatic heterocycles. The molecule has 0 atom stereocenters. The minimum atomic E-state index is -0.712. The third kappa shape index (κ3) is 2.11. The van der Waals surface area contributed by atoms with E-state index in [1.54, 1.807) is 19.9 Å². The SMILES string of the molecule is CO[N+](=O)c1ccc(C(C)(C)C#N)cc1O. The lowest BCUT2D eigenvalue weighted by atomic mass is 9.86. The van der Waals surface area contributed by atoms with E-state index in [4.69, 9.17) is 5.26 Å². The third-order valence-corrected chi connectivity index (χ3v) is 2.34. The van der Waals surface area contributed by atoms with Crippen LogP contribution in [0.2, 0.25) is 0 Å². The molecule has 0 aromatic heterocycles. The van der Waals surface area contributed by atoms with Crippen LogP contribution in [0.3, 0.4) is 0 Å². The van der Waals surface area contributed by atoms with Gasteiger partial charge >= 0.3 is 5.69 Å². The number of rotatable bonds is 3. The zero-order chi connectivity index (χ0) is 12.3. The largest absolute Gasteiger partial charge is 0.502 e. The van der Waals surface area contributed by atoms with E-state index in [0.29, 0.717) is 5.56 Å². The van der Waals surface area contributed by atoms with Crippen LogP contribution < -0.4 is 0 Å². The second-order valence-electron chi connectivity index (χ2n) is 3.88. The predicted octanol–water partition coefficient (Wildman–Crippen LogP) is 2.17. The monoisotopic (exact) mass is 221 g/mol. The van der Waals surface area contributed by atoms with E-state index < -0.39 is 5.41 Å². The van der Waals surface area contributed by atoms with Crippen LogP contribution in [0.15, 0.2) is 18.2 Å². The first-order valence-electron chi connectivity index (χ1n) is 4.68. The van der Waals surface area contributed by atoms with Crippen LogP contribution in [0.1, 0.15) is 19.4 Å². The molecule has 84 valence electrons. The topological polar surface area (TPSA) is 73.3 Å². The van der Waals surface area contributed by atoms with E-state index in [-0.39, 0.29) is 16.4 Å². The second kappa shape index (κ2) is 4.19. The Bertz CT molecular complexity index is 461. The van der Waals surface area contributed by atoms with Crippen LogP contribution in [0.4, 0.5) is 5.69 Å². The number of phenols is 1. The molecule has 1 N–H and O–H groups in total. The number of aromatic hydroxyl groups is 1. The number of phenolic OH excluding ortho intramolecular Hbond substituents is 1. The van der Waals surface area contributed by atoms with E-state index >= 15 is 0 Å². The Morgan fingerprint density at radius 3 is 2.56 bits per heavy atom. The fourth-order valence-electron chi connectivity index (χ4n) is 1.23. The van der Waals surface area contributed by atoms with Crippen LogP contribution in [-0.4, -0.2) is 17.1 Å². The molecule has 0 amide bonds. The quantitative estimate of drug-likeness (QED) is 0.794. The highest BCUT2D eigenvalue weighted by atomic mass is 16.8. The van der Waals surface area contributed by atoms with Crippen molar-refractivity contribution in [2.75, 3.05) is 7.11 Å². The van der Waals surface area contributed by atoms with E-state index in [2.05, 4.69) is 10.9 Å². The molecule has 0 fully saturated rings. The Balaban J connectivity index is 3.20. The average molecular weight is 221 g/mol. The van der Waals surface area contributed by atoms with Crippen LogP contribution in [0.25, 0.3) is 0 Å². The minimum Gasteiger partial charge on any atom is -0.502 e. The molecule has 0 heterocycles. The summed E-state index contributed by atoms with van der Waals surface area (Å²) in [6.07, 6.45) is 0. The molecule has 0 aliphatic carbocycles. The fourth-order valence-corrected chi connectivity index (χ4v) is 1.23. The van der Waals surface area contributed by atoms with E-state index in [1.807, 2.05) is 0 Å². The first-order chi connectivity index (χ1) is 7.42. The van der Waals surface area contributed by atoms with Crippen LogP contribution in [0, 0.1) is 16.2 Å². The molecule has 0 saturated heterocycles. The van der Waals surface area contributed by atoms with Gasteiger partial charge < -0.3 is 5.11 Å². The van der Waals surface area contributed by atoms with Crippen molar-refractivity contribution < 1.29 is 14.9 Å². The highest BCUT2D eigenvalue weighted by molar-refractivity contribution is 5.49. The van der Waals surface area contributed by atoms with E-state index in [0.717, 1.165) is 0 Å². The summed E-state index contributed by atoms with van der Waals surface area (Å²) in [6.45, 7) is 3.46. The van der Waals surface area contributed by atoms with E-state index in [1.165, 1.54) is 19.2 Å². The van der Waals surface area contributed by atoms with Crippen molar-refractivity contribution in [2.24, 2.45) is 0 Å². The zero-order valence-electron chi connectivity index (χ0n) is 9.39. The Hall–Kier alpha value is -2.09. The van der Waals surface area contributed by atoms with Crippen LogP contribution in [0.5, 0.6) is 5.75 Å². The van der Waals surface area contributed by atoms with Crippen molar-refractivity contribution in [1.29, 1.82) is 5.26 Å². The van der Waals surface area contributed by atoms with Crippen molar-refractivity contribution in [3.8, 4) is 11.8 Å². The molecule has 1 rings (SSSR count). The lowest BCUT2D eigenvalue weighted by Crippen LogP contribution is -2.13. The molecule has 0 unspecified atom stereocenters. The van der Waals surface area contributed by atoms with Crippen molar-refractivity contribution >= 4 is 5.69 Å². The van der Waals surface area contributed by atoms with Crippen LogP contribution >= 0.6 is 0 Å². The first-order valence-corrected chi connectivity index (χ1v) is 4.68. The number of nitrogens with zero attached hydrogens (tertiary/aromatic N) is 2. The van der Waals surface area contributed by atoms with Crippen molar-refractivity contribution in [3.05, 3.63) is 28.7 Å². The van der Waals surface area contributed by atoms with Gasteiger partial charge in [-0.15, -0.1) is 0 Å². The highest BCUT2D eigenvalue weighted by Crippen LogP contribution is 2.31. The van der Waals surface area contributed by atoms with Gasteiger partial charge in [-0.25, -0.2) is 4.84 Å². The van der Waals surface area contributed by atoms with Gasteiger partial charge in [-0.1, -0.05) is 6.07 Å². The molecule has 0 radical (unpaired) electrons.